The van der Waals surface area contributed by atoms with Crippen molar-refractivity contribution in [3.8, 4) is 22.3 Å². The van der Waals surface area contributed by atoms with E-state index in [1.54, 1.807) is 0 Å². The summed E-state index contributed by atoms with van der Waals surface area (Å²) in [6, 6.07) is 32.6. The fourth-order valence-electron chi connectivity index (χ4n) is 3.45. The summed E-state index contributed by atoms with van der Waals surface area (Å²) in [5.74, 6) is 0. The molecule has 1 aliphatic heterocycles. The quantitative estimate of drug-likeness (QED) is 0.265. The summed E-state index contributed by atoms with van der Waals surface area (Å²) in [5, 5.41) is 0. The molecule has 0 aromatic heterocycles. The third-order valence-corrected chi connectivity index (χ3v) is 6.68. The molecule has 4 aromatic rings. The number of rotatable bonds is 2. The molecule has 0 saturated carbocycles. The fourth-order valence-corrected chi connectivity index (χ4v) is 4.79. The van der Waals surface area contributed by atoms with Crippen molar-refractivity contribution in [3.63, 3.8) is 0 Å². The third-order valence-electron chi connectivity index (χ3n) is 4.99. The predicted octanol–water partition coefficient (Wildman–Crippen LogP) is 8.42. The van der Waals surface area contributed by atoms with Crippen LogP contribution >= 0.6 is 27.7 Å². The Morgan fingerprint density at radius 1 is 0.500 bits per heavy atom. The maximum atomic E-state index is 3.50. The van der Waals surface area contributed by atoms with E-state index in [-0.39, 0.29) is 0 Å². The Bertz CT molecular complexity index is 1170. The molecule has 0 bridgehead atoms. The minimum Gasteiger partial charge on any atom is -0.0888 e. The van der Waals surface area contributed by atoms with Gasteiger partial charge in [0, 0.05) is 14.3 Å². The molecule has 0 aliphatic carbocycles. The van der Waals surface area contributed by atoms with Crippen molar-refractivity contribution in [2.75, 3.05) is 0 Å². The van der Waals surface area contributed by atoms with Crippen LogP contribution < -0.4 is 0 Å². The molecule has 0 fully saturated rings. The molecule has 0 spiro atoms. The van der Waals surface area contributed by atoms with Crippen molar-refractivity contribution < 1.29 is 0 Å². The normalized spacial score (nSPS) is 12.2. The first-order valence-corrected chi connectivity index (χ1v) is 10.8. The van der Waals surface area contributed by atoms with Crippen molar-refractivity contribution in [1.82, 2.24) is 0 Å². The number of fused-ring (bicyclic) bond motifs is 2. The molecule has 0 saturated heterocycles. The molecular formula is C26H17BrS. The summed E-state index contributed by atoms with van der Waals surface area (Å²) in [5.41, 5.74) is 7.51. The first kappa shape index (κ1) is 17.5. The van der Waals surface area contributed by atoms with Crippen molar-refractivity contribution in [1.29, 1.82) is 0 Å². The molecule has 1 aliphatic rings. The zero-order valence-electron chi connectivity index (χ0n) is 15.1. The van der Waals surface area contributed by atoms with Gasteiger partial charge in [0.1, 0.15) is 0 Å². The van der Waals surface area contributed by atoms with E-state index in [0.717, 1.165) is 4.47 Å². The number of halogens is 1. The van der Waals surface area contributed by atoms with Gasteiger partial charge in [0.05, 0.1) is 0 Å². The highest BCUT2D eigenvalue weighted by atomic mass is 79.9. The Balaban J connectivity index is 1.48. The topological polar surface area (TPSA) is 0 Å². The lowest BCUT2D eigenvalue weighted by Gasteiger charge is -2.10. The number of hydrogen-bond acceptors (Lipinski definition) is 1. The van der Waals surface area contributed by atoms with Crippen LogP contribution in [0.5, 0.6) is 0 Å². The average Bonchev–Trinajstić information content (AvgIpc) is 2.93. The number of hydrogen-bond donors (Lipinski definition) is 0. The molecule has 28 heavy (non-hydrogen) atoms. The highest BCUT2D eigenvalue weighted by Crippen LogP contribution is 2.39. The van der Waals surface area contributed by atoms with Gasteiger partial charge in [-0.15, -0.1) is 0 Å². The molecule has 4 aromatic carbocycles. The lowest BCUT2D eigenvalue weighted by molar-refractivity contribution is 1.39. The van der Waals surface area contributed by atoms with Crippen LogP contribution in [0.4, 0.5) is 0 Å². The molecule has 0 unspecified atom stereocenters. The van der Waals surface area contributed by atoms with Gasteiger partial charge in [0.2, 0.25) is 0 Å². The Labute approximate surface area is 178 Å². The molecule has 2 heteroatoms. The second kappa shape index (κ2) is 7.46. The van der Waals surface area contributed by atoms with Crippen LogP contribution in [0.2, 0.25) is 0 Å². The second-order valence-electron chi connectivity index (χ2n) is 6.81. The summed E-state index contributed by atoms with van der Waals surface area (Å²) >= 11 is 5.35. The van der Waals surface area contributed by atoms with E-state index >= 15 is 0 Å². The maximum absolute atomic E-state index is 3.50. The van der Waals surface area contributed by atoms with Crippen molar-refractivity contribution in [2.45, 2.75) is 9.79 Å². The molecular weight excluding hydrogens is 424 g/mol. The van der Waals surface area contributed by atoms with Crippen LogP contribution in [0, 0.1) is 0 Å². The van der Waals surface area contributed by atoms with E-state index in [0.29, 0.717) is 0 Å². The van der Waals surface area contributed by atoms with Crippen LogP contribution in [0.3, 0.4) is 0 Å². The summed E-state index contributed by atoms with van der Waals surface area (Å²) in [4.78, 5) is 2.61. The van der Waals surface area contributed by atoms with Crippen molar-refractivity contribution >= 4 is 39.8 Å². The van der Waals surface area contributed by atoms with Gasteiger partial charge < -0.3 is 0 Å². The summed E-state index contributed by atoms with van der Waals surface area (Å²) < 4.78 is 1.10. The molecule has 0 N–H and O–H groups in total. The van der Waals surface area contributed by atoms with E-state index in [4.69, 9.17) is 0 Å². The van der Waals surface area contributed by atoms with Gasteiger partial charge in [-0.2, -0.15) is 0 Å². The van der Waals surface area contributed by atoms with Crippen LogP contribution in [-0.2, 0) is 0 Å². The molecule has 0 atom stereocenters. The lowest BCUT2D eigenvalue weighted by Crippen LogP contribution is -1.84. The summed E-state index contributed by atoms with van der Waals surface area (Å²) in [6.07, 6.45) is 4.43. The first-order chi connectivity index (χ1) is 13.8. The van der Waals surface area contributed by atoms with E-state index in [1.165, 1.54) is 43.2 Å². The maximum Gasteiger partial charge on any atom is 0.0201 e. The minimum atomic E-state index is 1.10. The van der Waals surface area contributed by atoms with E-state index in [1.807, 2.05) is 11.8 Å². The third kappa shape index (κ3) is 3.46. The van der Waals surface area contributed by atoms with Gasteiger partial charge in [-0.3, -0.25) is 0 Å². The van der Waals surface area contributed by atoms with E-state index < -0.39 is 0 Å². The summed E-state index contributed by atoms with van der Waals surface area (Å²) in [6.45, 7) is 0. The smallest absolute Gasteiger partial charge is 0.0201 e. The van der Waals surface area contributed by atoms with Gasteiger partial charge >= 0.3 is 0 Å². The number of benzene rings is 4. The molecule has 1 heterocycles. The first-order valence-electron chi connectivity index (χ1n) is 9.22. The molecule has 0 radical (unpaired) electrons. The Kier molecular flexibility index (Phi) is 4.67. The highest BCUT2D eigenvalue weighted by molar-refractivity contribution is 9.10. The average molecular weight is 441 g/mol. The Hall–Kier alpha value is -2.55. The standard InChI is InChI=1S/C26H17BrS/c27-24-15-13-19(14-16-24)18-5-7-20(8-6-18)23-12-11-22-10-9-21-3-1-2-4-25(21)28-26(22)17-23/h1-17H. The zero-order valence-corrected chi connectivity index (χ0v) is 17.5. The monoisotopic (exact) mass is 440 g/mol. The second-order valence-corrected chi connectivity index (χ2v) is 8.81. The van der Waals surface area contributed by atoms with Crippen LogP contribution in [-0.4, -0.2) is 0 Å². The van der Waals surface area contributed by atoms with Crippen LogP contribution in [0.1, 0.15) is 11.1 Å². The van der Waals surface area contributed by atoms with Gasteiger partial charge in [0.25, 0.3) is 0 Å². The Morgan fingerprint density at radius 2 is 1.04 bits per heavy atom. The predicted molar refractivity (Wildman–Crippen MR) is 125 cm³/mol. The molecule has 0 nitrogen and oxygen atoms in total. The Morgan fingerprint density at radius 3 is 1.75 bits per heavy atom. The van der Waals surface area contributed by atoms with Crippen LogP contribution in [0.25, 0.3) is 34.4 Å². The molecule has 5 rings (SSSR count). The largest absolute Gasteiger partial charge is 0.0888 e. The van der Waals surface area contributed by atoms with E-state index in [9.17, 15) is 0 Å². The van der Waals surface area contributed by atoms with Crippen molar-refractivity contribution in [2.24, 2.45) is 0 Å². The van der Waals surface area contributed by atoms with Gasteiger partial charge in [-0.1, -0.05) is 107 Å². The fraction of sp³-hybridized carbons (Fsp3) is 0. The molecule has 0 amide bonds. The van der Waals surface area contributed by atoms with Gasteiger partial charge in [0.15, 0.2) is 0 Å². The minimum absolute atomic E-state index is 1.10. The highest BCUT2D eigenvalue weighted by Gasteiger charge is 2.11. The van der Waals surface area contributed by atoms with Gasteiger partial charge in [-0.05, 0) is 57.6 Å². The lowest BCUT2D eigenvalue weighted by atomic mass is 9.99. The zero-order chi connectivity index (χ0) is 18.9. The van der Waals surface area contributed by atoms with Crippen molar-refractivity contribution in [3.05, 3.63) is 107 Å². The van der Waals surface area contributed by atoms with Gasteiger partial charge in [-0.25, -0.2) is 0 Å². The SMILES string of the molecule is Brc1ccc(-c2ccc(-c3ccc4c(c3)Sc3ccccc3C=C4)cc2)cc1. The van der Waals surface area contributed by atoms with Crippen LogP contribution in [0.15, 0.2) is 105 Å². The molecule has 134 valence electrons. The van der Waals surface area contributed by atoms with E-state index in [2.05, 4.69) is 119 Å². The summed E-state index contributed by atoms with van der Waals surface area (Å²) in [7, 11) is 0.